The van der Waals surface area contributed by atoms with Crippen molar-refractivity contribution in [2.24, 2.45) is 0 Å². The molecule has 0 aliphatic carbocycles. The van der Waals surface area contributed by atoms with E-state index in [0.717, 1.165) is 38.8 Å². The van der Waals surface area contributed by atoms with E-state index in [1.807, 2.05) is 0 Å². The summed E-state index contributed by atoms with van der Waals surface area (Å²) in [5.41, 5.74) is -0.235. The van der Waals surface area contributed by atoms with Crippen LogP contribution in [-0.2, 0) is 4.79 Å². The van der Waals surface area contributed by atoms with Gasteiger partial charge < -0.3 is 0 Å². The van der Waals surface area contributed by atoms with Gasteiger partial charge >= 0.3 is 0 Å². The first-order valence-corrected chi connectivity index (χ1v) is 4.58. The molecule has 2 heterocycles. The van der Waals surface area contributed by atoms with E-state index in [1.165, 1.54) is 0 Å². The largest absolute Gasteiger partial charge is 0.290 e. The van der Waals surface area contributed by atoms with E-state index in [9.17, 15) is 4.79 Å². The number of halogens is 2. The summed E-state index contributed by atoms with van der Waals surface area (Å²) in [6.07, 6.45) is 4.24. The number of carbonyl (C=O) groups excluding carboxylic acids is 1. The van der Waals surface area contributed by atoms with E-state index in [2.05, 4.69) is 4.90 Å². The fraction of sp³-hybridized carbons (Fsp3) is 0.875. The molecule has 2 fully saturated rings. The number of carbonyl (C=O) groups is 1. The highest BCUT2D eigenvalue weighted by Crippen LogP contribution is 2.40. The van der Waals surface area contributed by atoms with Crippen molar-refractivity contribution in [3.8, 4) is 0 Å². The minimum absolute atomic E-state index is 0. The second kappa shape index (κ2) is 3.52. The van der Waals surface area contributed by atoms with E-state index in [-0.39, 0.29) is 23.2 Å². The van der Waals surface area contributed by atoms with E-state index in [1.54, 1.807) is 0 Å². The highest BCUT2D eigenvalue weighted by Gasteiger charge is 2.48. The fourth-order valence-corrected chi connectivity index (χ4v) is 2.74. The lowest BCUT2D eigenvalue weighted by Gasteiger charge is -2.27. The zero-order valence-electron chi connectivity index (χ0n) is 6.88. The molecule has 2 aliphatic rings. The summed E-state index contributed by atoms with van der Waals surface area (Å²) >= 11 is 5.60. The maximum atomic E-state index is 11.2. The van der Waals surface area contributed by atoms with Crippen LogP contribution in [0.3, 0.4) is 0 Å². The third-order valence-electron chi connectivity index (χ3n) is 3.01. The van der Waals surface area contributed by atoms with Gasteiger partial charge in [0.25, 0.3) is 0 Å². The maximum Gasteiger partial charge on any atom is 0.241 e. The van der Waals surface area contributed by atoms with Gasteiger partial charge in [-0.25, -0.2) is 0 Å². The van der Waals surface area contributed by atoms with Crippen molar-refractivity contribution in [1.29, 1.82) is 0 Å². The molecule has 70 valence electrons. The van der Waals surface area contributed by atoms with Crippen molar-refractivity contribution in [1.82, 2.24) is 4.90 Å². The van der Waals surface area contributed by atoms with Gasteiger partial charge in [0.2, 0.25) is 5.24 Å². The van der Waals surface area contributed by atoms with Crippen LogP contribution in [-0.4, -0.2) is 28.8 Å². The molecule has 12 heavy (non-hydrogen) atoms. The molecule has 0 aromatic carbocycles. The van der Waals surface area contributed by atoms with E-state index in [0.29, 0.717) is 0 Å². The van der Waals surface area contributed by atoms with Gasteiger partial charge in [0.15, 0.2) is 0 Å². The van der Waals surface area contributed by atoms with Crippen LogP contribution >= 0.6 is 24.0 Å². The van der Waals surface area contributed by atoms with Crippen molar-refractivity contribution in [2.75, 3.05) is 13.1 Å². The maximum absolute atomic E-state index is 11.2. The summed E-state index contributed by atoms with van der Waals surface area (Å²) in [5.74, 6) is 0. The lowest BCUT2D eigenvalue weighted by molar-refractivity contribution is -0.119. The third-order valence-corrected chi connectivity index (χ3v) is 3.36. The summed E-state index contributed by atoms with van der Waals surface area (Å²) in [5, 5.41) is -0.132. The Morgan fingerprint density at radius 1 is 1.25 bits per heavy atom. The number of nitrogens with zero attached hydrogens (tertiary/aromatic N) is 1. The van der Waals surface area contributed by atoms with Crippen LogP contribution in [0.25, 0.3) is 0 Å². The molecular weight excluding hydrogens is 197 g/mol. The molecule has 2 nitrogen and oxygen atoms in total. The minimum atomic E-state index is -0.235. The summed E-state index contributed by atoms with van der Waals surface area (Å²) in [4.78, 5) is 13.4. The van der Waals surface area contributed by atoms with Crippen LogP contribution in [0, 0.1) is 0 Å². The van der Waals surface area contributed by atoms with Crippen LogP contribution in [0.5, 0.6) is 0 Å². The Labute approximate surface area is 83.7 Å². The van der Waals surface area contributed by atoms with Gasteiger partial charge in [0.05, 0.1) is 5.54 Å². The summed E-state index contributed by atoms with van der Waals surface area (Å²) in [6.45, 7) is 2.14. The smallest absolute Gasteiger partial charge is 0.241 e. The lowest BCUT2D eigenvalue weighted by Crippen LogP contribution is -2.43. The Morgan fingerprint density at radius 3 is 2.08 bits per heavy atom. The zero-order chi connectivity index (χ0) is 7.90. The summed E-state index contributed by atoms with van der Waals surface area (Å²) in [7, 11) is 0. The van der Waals surface area contributed by atoms with Crippen LogP contribution in [0.4, 0.5) is 0 Å². The van der Waals surface area contributed by atoms with Crippen molar-refractivity contribution in [2.45, 2.75) is 31.2 Å². The van der Waals surface area contributed by atoms with E-state index < -0.39 is 0 Å². The van der Waals surface area contributed by atoms with Gasteiger partial charge in [-0.1, -0.05) is 0 Å². The van der Waals surface area contributed by atoms with Gasteiger partial charge in [-0.2, -0.15) is 0 Å². The monoisotopic (exact) mass is 209 g/mol. The zero-order valence-corrected chi connectivity index (χ0v) is 8.46. The minimum Gasteiger partial charge on any atom is -0.290 e. The van der Waals surface area contributed by atoms with Crippen LogP contribution in [0.2, 0.25) is 0 Å². The molecule has 0 aromatic rings. The van der Waals surface area contributed by atoms with Crippen molar-refractivity contribution >= 4 is 29.3 Å². The van der Waals surface area contributed by atoms with Gasteiger partial charge in [-0.05, 0) is 50.4 Å². The number of rotatable bonds is 1. The Balaban J connectivity index is 0.000000720. The topological polar surface area (TPSA) is 20.3 Å². The van der Waals surface area contributed by atoms with Crippen LogP contribution < -0.4 is 0 Å². The molecule has 0 atom stereocenters. The molecule has 0 saturated carbocycles. The Kier molecular flexibility index (Phi) is 3.02. The molecule has 0 amide bonds. The molecule has 0 bridgehead atoms. The highest BCUT2D eigenvalue weighted by atomic mass is 35.5. The van der Waals surface area contributed by atoms with Crippen molar-refractivity contribution in [3.63, 3.8) is 0 Å². The van der Waals surface area contributed by atoms with Gasteiger partial charge in [0.1, 0.15) is 0 Å². The molecule has 0 radical (unpaired) electrons. The average Bonchev–Trinajstić information content (AvgIpc) is 2.40. The Morgan fingerprint density at radius 2 is 1.75 bits per heavy atom. The third kappa shape index (κ3) is 1.26. The Hall–Kier alpha value is 0.210. The molecule has 2 rings (SSSR count). The fourth-order valence-electron chi connectivity index (χ4n) is 2.43. The molecule has 0 N–H and O–H groups in total. The first kappa shape index (κ1) is 10.3. The van der Waals surface area contributed by atoms with Gasteiger partial charge in [-0.3, -0.25) is 9.69 Å². The highest BCUT2D eigenvalue weighted by molar-refractivity contribution is 6.65. The normalized spacial score (nSPS) is 26.4. The molecular formula is C8H13Cl2NO. The predicted octanol–water partition coefficient (Wildman–Crippen LogP) is 1.80. The van der Waals surface area contributed by atoms with Crippen LogP contribution in [0.15, 0.2) is 0 Å². The summed E-state index contributed by atoms with van der Waals surface area (Å²) < 4.78 is 0. The molecule has 2 aliphatic heterocycles. The standard InChI is InChI=1S/C8H12ClNO.ClH/c9-7(11)8-3-1-5-10(8)6-2-4-8;/h1-6H2;1H. The number of hydrogen-bond donors (Lipinski definition) is 0. The predicted molar refractivity (Wildman–Crippen MR) is 50.9 cm³/mol. The van der Waals surface area contributed by atoms with E-state index in [4.69, 9.17) is 11.6 Å². The molecule has 2 saturated heterocycles. The van der Waals surface area contributed by atoms with Crippen molar-refractivity contribution < 1.29 is 4.79 Å². The second-order valence-electron chi connectivity index (χ2n) is 3.50. The number of fused-ring (bicyclic) bond motifs is 1. The quantitative estimate of drug-likeness (QED) is 0.615. The molecule has 0 spiro atoms. The first-order chi connectivity index (χ1) is 5.26. The van der Waals surface area contributed by atoms with Gasteiger partial charge in [0, 0.05) is 0 Å². The Bertz CT molecular complexity index is 185. The van der Waals surface area contributed by atoms with Crippen LogP contribution in [0.1, 0.15) is 25.7 Å². The average molecular weight is 210 g/mol. The summed E-state index contributed by atoms with van der Waals surface area (Å²) in [6, 6.07) is 0. The first-order valence-electron chi connectivity index (χ1n) is 4.21. The SMILES string of the molecule is Cl.O=C(Cl)C12CCCN1CCC2. The molecule has 0 unspecified atom stereocenters. The second-order valence-corrected chi connectivity index (χ2v) is 3.84. The van der Waals surface area contributed by atoms with Gasteiger partial charge in [-0.15, -0.1) is 12.4 Å². The molecule has 4 heteroatoms. The lowest BCUT2D eigenvalue weighted by atomic mass is 9.96. The van der Waals surface area contributed by atoms with Crippen molar-refractivity contribution in [3.05, 3.63) is 0 Å². The molecule has 0 aromatic heterocycles. The number of hydrogen-bond acceptors (Lipinski definition) is 2. The van der Waals surface area contributed by atoms with E-state index >= 15 is 0 Å².